The van der Waals surface area contributed by atoms with E-state index in [0.717, 1.165) is 25.9 Å². The second-order valence-electron chi connectivity index (χ2n) is 5.07. The van der Waals surface area contributed by atoms with Crippen LogP contribution in [0.15, 0.2) is 0 Å². The maximum absolute atomic E-state index is 11.9. The first kappa shape index (κ1) is 14.5. The minimum Gasteiger partial charge on any atom is -0.382 e. The Bertz CT molecular complexity index is 231. The summed E-state index contributed by atoms with van der Waals surface area (Å²) in [4.78, 5) is 13.9. The molecule has 17 heavy (non-hydrogen) atoms. The van der Waals surface area contributed by atoms with Crippen LogP contribution >= 0.6 is 0 Å². The summed E-state index contributed by atoms with van der Waals surface area (Å²) in [6, 6.07) is 0. The molecule has 0 unspecified atom stereocenters. The zero-order valence-electron chi connectivity index (χ0n) is 11.3. The molecule has 1 amide bonds. The second-order valence-corrected chi connectivity index (χ2v) is 5.07. The van der Waals surface area contributed by atoms with Gasteiger partial charge >= 0.3 is 0 Å². The molecule has 1 heterocycles. The van der Waals surface area contributed by atoms with Crippen LogP contribution in [0.3, 0.4) is 0 Å². The number of methoxy groups -OCH3 is 1. The van der Waals surface area contributed by atoms with Crippen molar-refractivity contribution < 1.29 is 14.3 Å². The molecular weight excluding hydrogens is 218 g/mol. The highest BCUT2D eigenvalue weighted by Crippen LogP contribution is 2.15. The van der Waals surface area contributed by atoms with Crippen molar-refractivity contribution in [2.45, 2.75) is 39.2 Å². The Balaban J connectivity index is 2.30. The molecule has 100 valence electrons. The van der Waals surface area contributed by atoms with Gasteiger partial charge < -0.3 is 14.4 Å². The molecule has 1 saturated heterocycles. The molecule has 1 atom stereocenters. The minimum absolute atomic E-state index is 0.190. The fourth-order valence-electron chi connectivity index (χ4n) is 2.08. The summed E-state index contributed by atoms with van der Waals surface area (Å²) in [6.45, 7) is 7.03. The van der Waals surface area contributed by atoms with Crippen molar-refractivity contribution in [2.75, 3.05) is 33.4 Å². The summed E-state index contributed by atoms with van der Waals surface area (Å²) in [7, 11) is 1.67. The van der Waals surface area contributed by atoms with Crippen LogP contribution < -0.4 is 0 Å². The Morgan fingerprint density at radius 3 is 2.82 bits per heavy atom. The van der Waals surface area contributed by atoms with Crippen molar-refractivity contribution >= 4 is 5.91 Å². The highest BCUT2D eigenvalue weighted by molar-refractivity contribution is 5.76. The van der Waals surface area contributed by atoms with E-state index >= 15 is 0 Å². The summed E-state index contributed by atoms with van der Waals surface area (Å²) in [5.74, 6) is 0.692. The molecule has 4 nitrogen and oxygen atoms in total. The molecule has 1 rings (SSSR count). The SMILES string of the molecule is COCCO[C@@H]1CCCN(C(=O)CC(C)C)C1. The predicted octanol–water partition coefficient (Wildman–Crippen LogP) is 1.69. The Morgan fingerprint density at radius 1 is 1.41 bits per heavy atom. The first-order chi connectivity index (χ1) is 8.13. The monoisotopic (exact) mass is 243 g/mol. The van der Waals surface area contributed by atoms with Gasteiger partial charge in [0.2, 0.25) is 5.91 Å². The first-order valence-electron chi connectivity index (χ1n) is 6.51. The van der Waals surface area contributed by atoms with Crippen molar-refractivity contribution in [1.82, 2.24) is 4.90 Å². The lowest BCUT2D eigenvalue weighted by molar-refractivity contribution is -0.136. The summed E-state index contributed by atoms with van der Waals surface area (Å²) < 4.78 is 10.6. The number of ether oxygens (including phenoxy) is 2. The summed E-state index contributed by atoms with van der Waals surface area (Å²) in [5.41, 5.74) is 0. The van der Waals surface area contributed by atoms with Gasteiger partial charge in [-0.15, -0.1) is 0 Å². The Kier molecular flexibility index (Phi) is 6.52. The van der Waals surface area contributed by atoms with Gasteiger partial charge in [-0.05, 0) is 18.8 Å². The zero-order valence-corrected chi connectivity index (χ0v) is 11.3. The van der Waals surface area contributed by atoms with E-state index in [4.69, 9.17) is 9.47 Å². The molecule has 0 spiro atoms. The van der Waals surface area contributed by atoms with Crippen LogP contribution in [0.2, 0.25) is 0 Å². The van der Waals surface area contributed by atoms with Crippen molar-refractivity contribution in [3.63, 3.8) is 0 Å². The van der Waals surface area contributed by atoms with E-state index in [2.05, 4.69) is 13.8 Å². The van der Waals surface area contributed by atoms with E-state index in [9.17, 15) is 4.79 Å². The predicted molar refractivity (Wildman–Crippen MR) is 66.9 cm³/mol. The molecule has 0 aromatic heterocycles. The normalized spacial score (nSPS) is 20.9. The standard InChI is InChI=1S/C13H25NO3/c1-11(2)9-13(15)14-6-4-5-12(10-14)17-8-7-16-3/h11-12H,4-10H2,1-3H3/t12-/m1/s1. The third-order valence-electron chi connectivity index (χ3n) is 2.95. The maximum atomic E-state index is 11.9. The third kappa shape index (κ3) is 5.50. The summed E-state index contributed by atoms with van der Waals surface area (Å²) >= 11 is 0. The Morgan fingerprint density at radius 2 is 2.18 bits per heavy atom. The van der Waals surface area contributed by atoms with Gasteiger partial charge in [-0.2, -0.15) is 0 Å². The van der Waals surface area contributed by atoms with E-state index in [1.807, 2.05) is 4.90 Å². The van der Waals surface area contributed by atoms with Crippen molar-refractivity contribution in [3.05, 3.63) is 0 Å². The van der Waals surface area contributed by atoms with Crippen molar-refractivity contribution in [2.24, 2.45) is 5.92 Å². The molecule has 0 radical (unpaired) electrons. The largest absolute Gasteiger partial charge is 0.382 e. The summed E-state index contributed by atoms with van der Waals surface area (Å²) in [5, 5.41) is 0. The number of hydrogen-bond donors (Lipinski definition) is 0. The number of rotatable bonds is 6. The van der Waals surface area contributed by atoms with E-state index < -0.39 is 0 Å². The fraction of sp³-hybridized carbons (Fsp3) is 0.923. The van der Waals surface area contributed by atoms with Crippen LogP contribution in [0.25, 0.3) is 0 Å². The van der Waals surface area contributed by atoms with E-state index in [1.165, 1.54) is 0 Å². The molecule has 1 fully saturated rings. The molecule has 4 heteroatoms. The summed E-state index contributed by atoms with van der Waals surface area (Å²) in [6.07, 6.45) is 2.93. The average molecular weight is 243 g/mol. The molecule has 0 aliphatic carbocycles. The molecule has 0 N–H and O–H groups in total. The highest BCUT2D eigenvalue weighted by atomic mass is 16.5. The third-order valence-corrected chi connectivity index (χ3v) is 2.95. The Labute approximate surface area is 104 Å². The van der Waals surface area contributed by atoms with E-state index in [-0.39, 0.29) is 12.0 Å². The zero-order chi connectivity index (χ0) is 12.7. The lowest BCUT2D eigenvalue weighted by Gasteiger charge is -2.33. The highest BCUT2D eigenvalue weighted by Gasteiger charge is 2.24. The molecule has 0 bridgehead atoms. The quantitative estimate of drug-likeness (QED) is 0.666. The number of carbonyl (C=O) groups excluding carboxylic acids is 1. The van der Waals surface area contributed by atoms with E-state index in [0.29, 0.717) is 25.6 Å². The van der Waals surface area contributed by atoms with Crippen molar-refractivity contribution in [1.29, 1.82) is 0 Å². The number of likely N-dealkylation sites (tertiary alicyclic amines) is 1. The van der Waals surface area contributed by atoms with Gasteiger partial charge in [0.15, 0.2) is 0 Å². The lowest BCUT2D eigenvalue weighted by Crippen LogP contribution is -2.43. The molecule has 0 aromatic carbocycles. The first-order valence-corrected chi connectivity index (χ1v) is 6.51. The number of hydrogen-bond acceptors (Lipinski definition) is 3. The van der Waals surface area contributed by atoms with Gasteiger partial charge in [0.25, 0.3) is 0 Å². The fourth-order valence-corrected chi connectivity index (χ4v) is 2.08. The van der Waals surface area contributed by atoms with Crippen LogP contribution in [0.5, 0.6) is 0 Å². The minimum atomic E-state index is 0.190. The van der Waals surface area contributed by atoms with Gasteiger partial charge in [-0.25, -0.2) is 0 Å². The van der Waals surface area contributed by atoms with Crippen LogP contribution in [0.1, 0.15) is 33.1 Å². The van der Waals surface area contributed by atoms with Crippen LogP contribution in [-0.2, 0) is 14.3 Å². The Hall–Kier alpha value is -0.610. The molecular formula is C13H25NO3. The number of piperidine rings is 1. The average Bonchev–Trinajstić information content (AvgIpc) is 2.29. The smallest absolute Gasteiger partial charge is 0.222 e. The maximum Gasteiger partial charge on any atom is 0.222 e. The molecule has 1 aliphatic rings. The second kappa shape index (κ2) is 7.67. The van der Waals surface area contributed by atoms with Gasteiger partial charge in [0, 0.05) is 26.6 Å². The lowest BCUT2D eigenvalue weighted by atomic mass is 10.1. The van der Waals surface area contributed by atoms with Crippen molar-refractivity contribution in [3.8, 4) is 0 Å². The van der Waals surface area contributed by atoms with Gasteiger partial charge in [0.05, 0.1) is 19.3 Å². The molecule has 0 aromatic rings. The molecule has 1 aliphatic heterocycles. The number of nitrogens with zero attached hydrogens (tertiary/aromatic N) is 1. The van der Waals surface area contributed by atoms with Gasteiger partial charge in [0.1, 0.15) is 0 Å². The van der Waals surface area contributed by atoms with Crippen LogP contribution in [0, 0.1) is 5.92 Å². The van der Waals surface area contributed by atoms with Crippen LogP contribution in [0.4, 0.5) is 0 Å². The van der Waals surface area contributed by atoms with Gasteiger partial charge in [-0.1, -0.05) is 13.8 Å². The molecule has 0 saturated carbocycles. The topological polar surface area (TPSA) is 38.8 Å². The number of amides is 1. The number of carbonyl (C=O) groups is 1. The van der Waals surface area contributed by atoms with E-state index in [1.54, 1.807) is 7.11 Å². The van der Waals surface area contributed by atoms with Crippen LogP contribution in [-0.4, -0.2) is 50.3 Å². The van der Waals surface area contributed by atoms with Gasteiger partial charge in [-0.3, -0.25) is 4.79 Å².